The van der Waals surface area contributed by atoms with E-state index < -0.39 is 0 Å². The van der Waals surface area contributed by atoms with Crippen LogP contribution in [0.4, 0.5) is 5.69 Å². The van der Waals surface area contributed by atoms with E-state index in [1.165, 1.54) is 0 Å². The van der Waals surface area contributed by atoms with Gasteiger partial charge in [-0.15, -0.1) is 0 Å². The van der Waals surface area contributed by atoms with Crippen molar-refractivity contribution in [2.75, 3.05) is 11.9 Å². The summed E-state index contributed by atoms with van der Waals surface area (Å²) in [6.07, 6.45) is 1.00. The second kappa shape index (κ2) is 5.01. The SMILES string of the molecule is CC(C)(N)CCC(=O)c1ccc2c(c1)NC(=O)CO2. The standard InChI is InChI=1S/C14H18N2O3/c1-14(2,15)6-5-11(17)9-3-4-12-10(7-9)16-13(18)8-19-12/h3-4,7H,5-6,8,15H2,1-2H3,(H,16,18). The van der Waals surface area contributed by atoms with E-state index in [-0.39, 0.29) is 23.8 Å². The lowest BCUT2D eigenvalue weighted by Crippen LogP contribution is -2.32. The van der Waals surface area contributed by atoms with E-state index in [0.717, 1.165) is 0 Å². The van der Waals surface area contributed by atoms with Gasteiger partial charge < -0.3 is 15.8 Å². The molecule has 0 aromatic heterocycles. The molecule has 0 aliphatic carbocycles. The third-order valence-corrected chi connectivity index (χ3v) is 2.93. The summed E-state index contributed by atoms with van der Waals surface area (Å²) in [6.45, 7) is 3.80. The Morgan fingerprint density at radius 1 is 1.47 bits per heavy atom. The quantitative estimate of drug-likeness (QED) is 0.809. The number of hydrogen-bond donors (Lipinski definition) is 2. The minimum atomic E-state index is -0.360. The Balaban J connectivity index is 2.11. The van der Waals surface area contributed by atoms with Crippen molar-refractivity contribution in [1.82, 2.24) is 0 Å². The zero-order valence-corrected chi connectivity index (χ0v) is 11.2. The van der Waals surface area contributed by atoms with Crippen molar-refractivity contribution >= 4 is 17.4 Å². The van der Waals surface area contributed by atoms with Crippen LogP contribution < -0.4 is 15.8 Å². The highest BCUT2D eigenvalue weighted by atomic mass is 16.5. The molecule has 1 aliphatic heterocycles. The minimum Gasteiger partial charge on any atom is -0.482 e. The normalized spacial score (nSPS) is 14.4. The summed E-state index contributed by atoms with van der Waals surface area (Å²) in [5.41, 5.74) is 6.62. The molecule has 1 aliphatic rings. The first kappa shape index (κ1) is 13.5. The van der Waals surface area contributed by atoms with Crippen molar-refractivity contribution in [1.29, 1.82) is 0 Å². The van der Waals surface area contributed by atoms with Gasteiger partial charge in [-0.25, -0.2) is 0 Å². The second-order valence-corrected chi connectivity index (χ2v) is 5.46. The number of carbonyl (C=O) groups excluding carboxylic acids is 2. The van der Waals surface area contributed by atoms with Gasteiger partial charge in [0.1, 0.15) is 5.75 Å². The number of carbonyl (C=O) groups is 2. The number of ketones is 1. The number of nitrogens with two attached hydrogens (primary N) is 1. The zero-order chi connectivity index (χ0) is 14.0. The fourth-order valence-corrected chi connectivity index (χ4v) is 1.84. The topological polar surface area (TPSA) is 81.4 Å². The maximum absolute atomic E-state index is 12.0. The van der Waals surface area contributed by atoms with Crippen molar-refractivity contribution < 1.29 is 14.3 Å². The summed E-state index contributed by atoms with van der Waals surface area (Å²) >= 11 is 0. The molecule has 1 heterocycles. The van der Waals surface area contributed by atoms with Crippen molar-refractivity contribution in [2.24, 2.45) is 5.73 Å². The van der Waals surface area contributed by atoms with Crippen LogP contribution in [-0.2, 0) is 4.79 Å². The van der Waals surface area contributed by atoms with E-state index in [9.17, 15) is 9.59 Å². The highest BCUT2D eigenvalue weighted by molar-refractivity contribution is 6.00. The van der Waals surface area contributed by atoms with Crippen LogP contribution in [0.2, 0.25) is 0 Å². The van der Waals surface area contributed by atoms with Crippen LogP contribution in [-0.4, -0.2) is 23.8 Å². The Hall–Kier alpha value is -1.88. The lowest BCUT2D eigenvalue weighted by molar-refractivity contribution is -0.118. The number of benzene rings is 1. The van der Waals surface area contributed by atoms with Gasteiger partial charge in [-0.05, 0) is 38.5 Å². The number of hydrogen-bond acceptors (Lipinski definition) is 4. The number of rotatable bonds is 4. The number of anilines is 1. The molecule has 0 saturated heterocycles. The molecule has 5 heteroatoms. The average molecular weight is 262 g/mol. The minimum absolute atomic E-state index is 0.0150. The van der Waals surface area contributed by atoms with E-state index in [1.54, 1.807) is 18.2 Å². The van der Waals surface area contributed by atoms with Crippen LogP contribution in [0.1, 0.15) is 37.0 Å². The van der Waals surface area contributed by atoms with Crippen molar-refractivity contribution in [3.8, 4) is 5.75 Å². The number of fused-ring (bicyclic) bond motifs is 1. The highest BCUT2D eigenvalue weighted by Gasteiger charge is 2.19. The molecular formula is C14H18N2O3. The van der Waals surface area contributed by atoms with E-state index in [2.05, 4.69) is 5.32 Å². The van der Waals surface area contributed by atoms with Gasteiger partial charge in [0, 0.05) is 17.5 Å². The van der Waals surface area contributed by atoms with E-state index >= 15 is 0 Å². The smallest absolute Gasteiger partial charge is 0.262 e. The maximum atomic E-state index is 12.0. The Morgan fingerprint density at radius 2 is 2.21 bits per heavy atom. The summed E-state index contributed by atoms with van der Waals surface area (Å²) in [7, 11) is 0. The predicted octanol–water partition coefficient (Wildman–Crippen LogP) is 1.72. The first-order valence-electron chi connectivity index (χ1n) is 6.24. The van der Waals surface area contributed by atoms with Gasteiger partial charge in [-0.2, -0.15) is 0 Å². The third-order valence-electron chi connectivity index (χ3n) is 2.93. The number of Topliss-reactive ketones (excluding diaryl/α,β-unsaturated/α-hetero) is 1. The Bertz CT molecular complexity index is 518. The number of amides is 1. The van der Waals surface area contributed by atoms with Crippen LogP contribution in [0, 0.1) is 0 Å². The molecule has 0 saturated carbocycles. The predicted molar refractivity (Wildman–Crippen MR) is 72.4 cm³/mol. The highest BCUT2D eigenvalue weighted by Crippen LogP contribution is 2.29. The summed E-state index contributed by atoms with van der Waals surface area (Å²) in [4.78, 5) is 23.3. The van der Waals surface area contributed by atoms with Crippen LogP contribution in [0.3, 0.4) is 0 Å². The molecule has 2 rings (SSSR count). The summed E-state index contributed by atoms with van der Waals surface area (Å²) < 4.78 is 5.24. The molecular weight excluding hydrogens is 244 g/mol. The van der Waals surface area contributed by atoms with Gasteiger partial charge >= 0.3 is 0 Å². The molecule has 0 unspecified atom stereocenters. The van der Waals surface area contributed by atoms with Crippen molar-refractivity contribution in [3.63, 3.8) is 0 Å². The zero-order valence-electron chi connectivity index (χ0n) is 11.2. The first-order valence-corrected chi connectivity index (χ1v) is 6.24. The molecule has 0 fully saturated rings. The molecule has 1 amide bonds. The molecule has 19 heavy (non-hydrogen) atoms. The molecule has 0 bridgehead atoms. The van der Waals surface area contributed by atoms with Gasteiger partial charge in [-0.1, -0.05) is 0 Å². The van der Waals surface area contributed by atoms with Crippen LogP contribution in [0.5, 0.6) is 5.75 Å². The molecule has 0 radical (unpaired) electrons. The molecule has 102 valence electrons. The molecule has 0 atom stereocenters. The van der Waals surface area contributed by atoms with Gasteiger partial charge in [0.25, 0.3) is 5.91 Å². The fourth-order valence-electron chi connectivity index (χ4n) is 1.84. The third kappa shape index (κ3) is 3.54. The van der Waals surface area contributed by atoms with Crippen molar-refractivity contribution in [2.45, 2.75) is 32.2 Å². The lowest BCUT2D eigenvalue weighted by Gasteiger charge is -2.19. The Kier molecular flexibility index (Phi) is 3.57. The summed E-state index contributed by atoms with van der Waals surface area (Å²) in [5, 5.41) is 2.69. The molecule has 3 N–H and O–H groups in total. The summed E-state index contributed by atoms with van der Waals surface area (Å²) in [6, 6.07) is 5.07. The van der Waals surface area contributed by atoms with Gasteiger partial charge in [0.05, 0.1) is 5.69 Å². The van der Waals surface area contributed by atoms with E-state index in [4.69, 9.17) is 10.5 Å². The van der Waals surface area contributed by atoms with Crippen LogP contribution in [0.15, 0.2) is 18.2 Å². The van der Waals surface area contributed by atoms with E-state index in [1.807, 2.05) is 13.8 Å². The summed E-state index contributed by atoms with van der Waals surface area (Å²) in [5.74, 6) is 0.400. The van der Waals surface area contributed by atoms with Gasteiger partial charge in [-0.3, -0.25) is 9.59 Å². The molecule has 5 nitrogen and oxygen atoms in total. The van der Waals surface area contributed by atoms with Gasteiger partial charge in [0.2, 0.25) is 0 Å². The number of ether oxygens (including phenoxy) is 1. The maximum Gasteiger partial charge on any atom is 0.262 e. The Morgan fingerprint density at radius 3 is 2.89 bits per heavy atom. The fraction of sp³-hybridized carbons (Fsp3) is 0.429. The number of nitrogens with one attached hydrogen (secondary N) is 1. The largest absolute Gasteiger partial charge is 0.482 e. The van der Waals surface area contributed by atoms with E-state index in [0.29, 0.717) is 29.8 Å². The average Bonchev–Trinajstić information content (AvgIpc) is 2.34. The Labute approximate surface area is 112 Å². The van der Waals surface area contributed by atoms with Crippen molar-refractivity contribution in [3.05, 3.63) is 23.8 Å². The van der Waals surface area contributed by atoms with Crippen LogP contribution in [0.25, 0.3) is 0 Å². The van der Waals surface area contributed by atoms with Gasteiger partial charge in [0.15, 0.2) is 12.4 Å². The molecule has 1 aromatic rings. The second-order valence-electron chi connectivity index (χ2n) is 5.46. The molecule has 0 spiro atoms. The lowest BCUT2D eigenvalue weighted by atomic mass is 9.96. The first-order chi connectivity index (χ1) is 8.85. The monoisotopic (exact) mass is 262 g/mol. The van der Waals surface area contributed by atoms with Crippen LogP contribution >= 0.6 is 0 Å². The molecule has 1 aromatic carbocycles.